The van der Waals surface area contributed by atoms with Crippen molar-refractivity contribution in [2.24, 2.45) is 5.73 Å². The summed E-state index contributed by atoms with van der Waals surface area (Å²) in [5, 5.41) is 4.11. The van der Waals surface area contributed by atoms with E-state index in [1.54, 1.807) is 0 Å². The van der Waals surface area contributed by atoms with E-state index in [0.29, 0.717) is 18.2 Å². The molecule has 3 rings (SSSR count). The van der Waals surface area contributed by atoms with Crippen molar-refractivity contribution >= 4 is 0 Å². The van der Waals surface area contributed by atoms with Crippen LogP contribution in [0.15, 0.2) is 28.8 Å². The number of nitrogens with two attached hydrogens (primary N) is 1. The molecule has 100 valence electrons. The van der Waals surface area contributed by atoms with Crippen molar-refractivity contribution in [3.8, 4) is 0 Å². The number of aromatic nitrogens is 2. The number of rotatable bonds is 5. The first-order valence-electron chi connectivity index (χ1n) is 6.93. The minimum Gasteiger partial charge on any atom is -0.339 e. The minimum absolute atomic E-state index is 0.118. The molecule has 2 N–H and O–H groups in total. The van der Waals surface area contributed by atoms with Crippen LogP contribution in [-0.2, 0) is 12.8 Å². The van der Waals surface area contributed by atoms with Gasteiger partial charge in [-0.25, -0.2) is 0 Å². The van der Waals surface area contributed by atoms with Gasteiger partial charge in [-0.3, -0.25) is 0 Å². The van der Waals surface area contributed by atoms with Crippen molar-refractivity contribution in [1.29, 1.82) is 0 Å². The first-order valence-corrected chi connectivity index (χ1v) is 6.93. The van der Waals surface area contributed by atoms with Crippen molar-refractivity contribution in [3.05, 3.63) is 47.1 Å². The molecule has 1 aromatic carbocycles. The van der Waals surface area contributed by atoms with E-state index in [2.05, 4.69) is 41.3 Å². The molecule has 1 heterocycles. The van der Waals surface area contributed by atoms with Gasteiger partial charge in [-0.2, -0.15) is 4.98 Å². The van der Waals surface area contributed by atoms with Crippen LogP contribution in [0, 0.1) is 0 Å². The Balaban J connectivity index is 1.70. The standard InChI is InChI=1S/C15H19N3O/c1-2-5-11(16)9-14-17-15(18-19-14)13-8-10-6-3-4-7-12(10)13/h3-4,6-7,11,13H,2,5,8-9,16H2,1H3. The molecule has 0 fully saturated rings. The first-order chi connectivity index (χ1) is 9.28. The smallest absolute Gasteiger partial charge is 0.228 e. The molecule has 2 aromatic rings. The molecule has 0 amide bonds. The quantitative estimate of drug-likeness (QED) is 0.893. The summed E-state index contributed by atoms with van der Waals surface area (Å²) >= 11 is 0. The van der Waals surface area contributed by atoms with Crippen LogP contribution >= 0.6 is 0 Å². The third-order valence-corrected chi connectivity index (χ3v) is 3.75. The van der Waals surface area contributed by atoms with E-state index < -0.39 is 0 Å². The van der Waals surface area contributed by atoms with Gasteiger partial charge < -0.3 is 10.3 Å². The molecule has 19 heavy (non-hydrogen) atoms. The second-order valence-corrected chi connectivity index (χ2v) is 5.25. The van der Waals surface area contributed by atoms with E-state index in [1.807, 2.05) is 0 Å². The van der Waals surface area contributed by atoms with Crippen molar-refractivity contribution in [2.75, 3.05) is 0 Å². The topological polar surface area (TPSA) is 64.9 Å². The maximum atomic E-state index is 6.00. The average Bonchev–Trinajstić information content (AvgIpc) is 2.79. The Labute approximate surface area is 113 Å². The molecule has 0 aliphatic heterocycles. The summed E-state index contributed by atoms with van der Waals surface area (Å²) in [4.78, 5) is 4.50. The molecular formula is C15H19N3O. The van der Waals surface area contributed by atoms with Gasteiger partial charge in [-0.15, -0.1) is 0 Å². The van der Waals surface area contributed by atoms with Gasteiger partial charge in [0.1, 0.15) is 0 Å². The van der Waals surface area contributed by atoms with Crippen molar-refractivity contribution < 1.29 is 4.52 Å². The largest absolute Gasteiger partial charge is 0.339 e. The predicted molar refractivity (Wildman–Crippen MR) is 72.9 cm³/mol. The summed E-state index contributed by atoms with van der Waals surface area (Å²) in [5.74, 6) is 1.77. The molecule has 0 spiro atoms. The third kappa shape index (κ3) is 2.40. The molecule has 1 aliphatic carbocycles. The Morgan fingerprint density at radius 2 is 2.26 bits per heavy atom. The van der Waals surface area contributed by atoms with E-state index >= 15 is 0 Å². The van der Waals surface area contributed by atoms with E-state index in [-0.39, 0.29) is 6.04 Å². The minimum atomic E-state index is 0.118. The van der Waals surface area contributed by atoms with Gasteiger partial charge in [0, 0.05) is 12.5 Å². The highest BCUT2D eigenvalue weighted by atomic mass is 16.5. The Morgan fingerprint density at radius 1 is 1.42 bits per heavy atom. The lowest BCUT2D eigenvalue weighted by molar-refractivity contribution is 0.358. The molecule has 1 aromatic heterocycles. The van der Waals surface area contributed by atoms with Crippen LogP contribution < -0.4 is 5.73 Å². The third-order valence-electron chi connectivity index (χ3n) is 3.75. The highest BCUT2D eigenvalue weighted by molar-refractivity contribution is 5.43. The Kier molecular flexibility index (Phi) is 3.34. The molecule has 0 saturated carbocycles. The fourth-order valence-electron chi connectivity index (χ4n) is 2.68. The predicted octanol–water partition coefficient (Wildman–Crippen LogP) is 2.43. The molecule has 4 heteroatoms. The number of fused-ring (bicyclic) bond motifs is 1. The second kappa shape index (κ2) is 5.13. The van der Waals surface area contributed by atoms with E-state index in [0.717, 1.165) is 25.1 Å². The number of hydrogen-bond donors (Lipinski definition) is 1. The van der Waals surface area contributed by atoms with Crippen LogP contribution in [0.25, 0.3) is 0 Å². The molecule has 0 bridgehead atoms. The summed E-state index contributed by atoms with van der Waals surface area (Å²) < 4.78 is 5.31. The van der Waals surface area contributed by atoms with Gasteiger partial charge in [0.25, 0.3) is 0 Å². The summed E-state index contributed by atoms with van der Waals surface area (Å²) in [6, 6.07) is 8.54. The fourth-order valence-corrected chi connectivity index (χ4v) is 2.68. The van der Waals surface area contributed by atoms with Crippen LogP contribution in [0.3, 0.4) is 0 Å². The molecule has 4 nitrogen and oxygen atoms in total. The molecule has 0 radical (unpaired) electrons. The van der Waals surface area contributed by atoms with Gasteiger partial charge in [0.2, 0.25) is 5.89 Å². The lowest BCUT2D eigenvalue weighted by Crippen LogP contribution is -2.22. The Morgan fingerprint density at radius 3 is 3.05 bits per heavy atom. The van der Waals surface area contributed by atoms with Crippen LogP contribution in [0.5, 0.6) is 0 Å². The van der Waals surface area contributed by atoms with Crippen LogP contribution in [0.1, 0.15) is 48.5 Å². The fraction of sp³-hybridized carbons (Fsp3) is 0.467. The lowest BCUT2D eigenvalue weighted by atomic mass is 9.77. The highest BCUT2D eigenvalue weighted by Gasteiger charge is 2.31. The SMILES string of the molecule is CCCC(N)Cc1nc(C2Cc3ccccc32)no1. The number of hydrogen-bond acceptors (Lipinski definition) is 4. The summed E-state index contributed by atoms with van der Waals surface area (Å²) in [6.45, 7) is 2.13. The lowest BCUT2D eigenvalue weighted by Gasteiger charge is -2.27. The van der Waals surface area contributed by atoms with Gasteiger partial charge in [0.05, 0.1) is 5.92 Å². The zero-order chi connectivity index (χ0) is 13.2. The highest BCUT2D eigenvalue weighted by Crippen LogP contribution is 2.38. The average molecular weight is 257 g/mol. The summed E-state index contributed by atoms with van der Waals surface area (Å²) in [6.07, 6.45) is 3.76. The van der Waals surface area contributed by atoms with Crippen LogP contribution in [0.4, 0.5) is 0 Å². The molecular weight excluding hydrogens is 238 g/mol. The second-order valence-electron chi connectivity index (χ2n) is 5.25. The van der Waals surface area contributed by atoms with Gasteiger partial charge in [0.15, 0.2) is 5.82 Å². The van der Waals surface area contributed by atoms with Gasteiger partial charge >= 0.3 is 0 Å². The van der Waals surface area contributed by atoms with Crippen molar-refractivity contribution in [1.82, 2.24) is 10.1 Å². The van der Waals surface area contributed by atoms with Crippen molar-refractivity contribution in [2.45, 2.75) is 44.6 Å². The van der Waals surface area contributed by atoms with Gasteiger partial charge in [-0.1, -0.05) is 42.8 Å². The van der Waals surface area contributed by atoms with E-state index in [1.165, 1.54) is 11.1 Å². The van der Waals surface area contributed by atoms with Gasteiger partial charge in [-0.05, 0) is 24.0 Å². The molecule has 2 atom stereocenters. The number of nitrogens with zero attached hydrogens (tertiary/aromatic N) is 2. The van der Waals surface area contributed by atoms with E-state index in [9.17, 15) is 0 Å². The maximum Gasteiger partial charge on any atom is 0.228 e. The normalized spacial score (nSPS) is 18.7. The summed E-state index contributed by atoms with van der Waals surface area (Å²) in [5.41, 5.74) is 8.71. The Hall–Kier alpha value is -1.68. The molecule has 0 saturated heterocycles. The first kappa shape index (κ1) is 12.4. The molecule has 1 aliphatic rings. The van der Waals surface area contributed by atoms with Crippen LogP contribution in [0.2, 0.25) is 0 Å². The summed E-state index contributed by atoms with van der Waals surface area (Å²) in [7, 11) is 0. The van der Waals surface area contributed by atoms with Crippen molar-refractivity contribution in [3.63, 3.8) is 0 Å². The molecule has 2 unspecified atom stereocenters. The monoisotopic (exact) mass is 257 g/mol. The maximum absolute atomic E-state index is 6.00. The van der Waals surface area contributed by atoms with Crippen LogP contribution in [-0.4, -0.2) is 16.2 Å². The number of benzene rings is 1. The van der Waals surface area contributed by atoms with E-state index in [4.69, 9.17) is 10.3 Å². The zero-order valence-electron chi connectivity index (χ0n) is 11.2. The zero-order valence-corrected chi connectivity index (χ0v) is 11.2. The Bertz CT molecular complexity index is 564.